The number of nitrogens with zero attached hydrogens (tertiary/aromatic N) is 3. The van der Waals surface area contributed by atoms with Crippen molar-refractivity contribution in [2.24, 2.45) is 0 Å². The molecule has 1 aliphatic rings. The minimum absolute atomic E-state index is 0.392. The van der Waals surface area contributed by atoms with Crippen molar-refractivity contribution in [3.05, 3.63) is 51.9 Å². The molecule has 2 heterocycles. The molecular formula is C14H11Cl2N3O2S. The van der Waals surface area contributed by atoms with E-state index in [1.54, 1.807) is 37.6 Å². The van der Waals surface area contributed by atoms with Crippen molar-refractivity contribution in [2.75, 3.05) is 18.5 Å². The highest BCUT2D eigenvalue weighted by Crippen LogP contribution is 2.41. The molecule has 8 heteroatoms. The Morgan fingerprint density at radius 2 is 1.95 bits per heavy atom. The number of ether oxygens (including phenoxy) is 1. The van der Waals surface area contributed by atoms with Crippen LogP contribution in [0.4, 0.5) is 5.82 Å². The Balaban J connectivity index is 2.32. The van der Waals surface area contributed by atoms with E-state index < -0.39 is 11.0 Å². The molecule has 0 spiro atoms. The van der Waals surface area contributed by atoms with Gasteiger partial charge in [-0.3, -0.25) is 4.31 Å². The third-order valence-electron chi connectivity index (χ3n) is 3.20. The van der Waals surface area contributed by atoms with Gasteiger partial charge in [-0.25, -0.2) is 14.2 Å². The first-order valence-electron chi connectivity index (χ1n) is 6.25. The van der Waals surface area contributed by atoms with Gasteiger partial charge in [-0.05, 0) is 12.1 Å². The third-order valence-corrected chi connectivity index (χ3v) is 5.17. The fourth-order valence-corrected chi connectivity index (χ4v) is 4.03. The fraction of sp³-hybridized carbons (Fsp3) is 0.143. The van der Waals surface area contributed by atoms with E-state index in [1.165, 1.54) is 11.4 Å². The molecule has 1 unspecified atom stereocenters. The van der Waals surface area contributed by atoms with Crippen LogP contribution >= 0.6 is 23.2 Å². The van der Waals surface area contributed by atoms with E-state index in [0.717, 1.165) is 0 Å². The van der Waals surface area contributed by atoms with Gasteiger partial charge in [-0.2, -0.15) is 0 Å². The van der Waals surface area contributed by atoms with E-state index in [0.29, 0.717) is 37.8 Å². The van der Waals surface area contributed by atoms with Crippen LogP contribution in [-0.2, 0) is 15.7 Å². The first kappa shape index (κ1) is 15.3. The zero-order valence-corrected chi connectivity index (χ0v) is 14.0. The van der Waals surface area contributed by atoms with Gasteiger partial charge in [0.2, 0.25) is 0 Å². The van der Waals surface area contributed by atoms with Crippen LogP contribution in [0.1, 0.15) is 11.3 Å². The van der Waals surface area contributed by atoms with Gasteiger partial charge in [0.1, 0.15) is 10.6 Å². The summed E-state index contributed by atoms with van der Waals surface area (Å²) >= 11 is 12.2. The number of anilines is 1. The molecule has 2 aromatic rings. The van der Waals surface area contributed by atoms with E-state index >= 15 is 0 Å². The van der Waals surface area contributed by atoms with Gasteiger partial charge in [-0.15, -0.1) is 0 Å². The molecule has 5 nitrogen and oxygen atoms in total. The first-order chi connectivity index (χ1) is 10.5. The van der Waals surface area contributed by atoms with Crippen molar-refractivity contribution in [2.45, 2.75) is 0 Å². The van der Waals surface area contributed by atoms with Crippen LogP contribution in [0.15, 0.2) is 30.6 Å². The van der Waals surface area contributed by atoms with Crippen LogP contribution in [-0.4, -0.2) is 28.3 Å². The number of aromatic nitrogens is 2. The Morgan fingerprint density at radius 1 is 1.23 bits per heavy atom. The van der Waals surface area contributed by atoms with Gasteiger partial charge in [0.15, 0.2) is 22.6 Å². The number of benzene rings is 1. The number of rotatable bonds is 2. The summed E-state index contributed by atoms with van der Waals surface area (Å²) in [7, 11) is 1.66. The maximum absolute atomic E-state index is 12.8. The molecule has 0 amide bonds. The van der Waals surface area contributed by atoms with Crippen LogP contribution < -0.4 is 4.31 Å². The molecule has 0 saturated heterocycles. The van der Waals surface area contributed by atoms with Crippen LogP contribution in [0.5, 0.6) is 0 Å². The van der Waals surface area contributed by atoms with Crippen LogP contribution in [0.25, 0.3) is 10.7 Å². The summed E-state index contributed by atoms with van der Waals surface area (Å²) in [6.45, 7) is 0. The van der Waals surface area contributed by atoms with Gasteiger partial charge >= 0.3 is 0 Å². The first-order valence-corrected chi connectivity index (χ1v) is 8.11. The number of fused-ring (bicyclic) bond motifs is 1. The molecule has 0 bridgehead atoms. The predicted molar refractivity (Wildman–Crippen MR) is 88.9 cm³/mol. The molecule has 0 radical (unpaired) electrons. The second-order valence-electron chi connectivity index (χ2n) is 4.46. The lowest BCUT2D eigenvalue weighted by atomic mass is 10.1. The normalized spacial score (nSPS) is 17.5. The van der Waals surface area contributed by atoms with Crippen LogP contribution in [0.3, 0.4) is 0 Å². The molecule has 1 atom stereocenters. The molecule has 1 aromatic carbocycles. The highest BCUT2D eigenvalue weighted by Gasteiger charge is 2.33. The average molecular weight is 356 g/mol. The Morgan fingerprint density at radius 3 is 2.64 bits per heavy atom. The predicted octanol–water partition coefficient (Wildman–Crippen LogP) is 3.37. The Hall–Kier alpha value is -1.63. The number of hydrogen-bond acceptors (Lipinski definition) is 4. The van der Waals surface area contributed by atoms with E-state index in [9.17, 15) is 4.21 Å². The number of hydrogen-bond donors (Lipinski definition) is 0. The number of halogens is 2. The highest BCUT2D eigenvalue weighted by atomic mass is 35.5. The smallest absolute Gasteiger partial charge is 0.170 e. The molecule has 0 saturated carbocycles. The van der Waals surface area contributed by atoms with E-state index in [1.807, 2.05) is 0 Å². The average Bonchev–Trinajstić information content (AvgIpc) is 2.51. The van der Waals surface area contributed by atoms with E-state index in [2.05, 4.69) is 9.97 Å². The van der Waals surface area contributed by atoms with Crippen molar-refractivity contribution in [1.82, 2.24) is 9.97 Å². The molecule has 0 N–H and O–H groups in total. The zero-order chi connectivity index (χ0) is 15.9. The minimum Gasteiger partial charge on any atom is -0.493 e. The molecule has 1 aromatic heterocycles. The zero-order valence-electron chi connectivity index (χ0n) is 11.7. The Bertz CT molecular complexity index is 810. The maximum atomic E-state index is 12.8. The monoisotopic (exact) mass is 355 g/mol. The second kappa shape index (κ2) is 5.87. The molecule has 22 heavy (non-hydrogen) atoms. The van der Waals surface area contributed by atoms with Crippen molar-refractivity contribution in [3.63, 3.8) is 0 Å². The highest BCUT2D eigenvalue weighted by molar-refractivity contribution is 7.96. The molecule has 1 aliphatic heterocycles. The standard InChI is InChI=1S/C14H11Cl2N3O2S/c1-19-14-11(17-5-6-18-14)12(21-2)13(22(19)20)9-4-3-8(15)7-10(9)16/h3-7H,1-2H3. The van der Waals surface area contributed by atoms with Gasteiger partial charge in [0, 0.05) is 30.0 Å². The molecular weight excluding hydrogens is 345 g/mol. The minimum atomic E-state index is -1.52. The quantitative estimate of drug-likeness (QED) is 0.828. The maximum Gasteiger partial charge on any atom is 0.170 e. The lowest BCUT2D eigenvalue weighted by Gasteiger charge is -2.27. The molecule has 3 rings (SSSR count). The summed E-state index contributed by atoms with van der Waals surface area (Å²) < 4.78 is 19.8. The fourth-order valence-electron chi connectivity index (χ4n) is 2.20. The summed E-state index contributed by atoms with van der Waals surface area (Å²) in [6.07, 6.45) is 3.10. The third kappa shape index (κ3) is 2.37. The lowest BCUT2D eigenvalue weighted by Crippen LogP contribution is -2.28. The SMILES string of the molecule is COC1=C(c2ccc(Cl)cc2Cl)S(=O)N(C)c2nccnc21. The molecule has 0 aliphatic carbocycles. The van der Waals surface area contributed by atoms with Gasteiger partial charge < -0.3 is 4.74 Å². The summed E-state index contributed by atoms with van der Waals surface area (Å²) in [5.41, 5.74) is 1.11. The van der Waals surface area contributed by atoms with Crippen molar-refractivity contribution >= 4 is 50.7 Å². The van der Waals surface area contributed by atoms with Gasteiger partial charge in [0.05, 0.1) is 12.1 Å². The van der Waals surface area contributed by atoms with E-state index in [-0.39, 0.29) is 0 Å². The van der Waals surface area contributed by atoms with Gasteiger partial charge in [0.25, 0.3) is 0 Å². The molecule has 0 fully saturated rings. The largest absolute Gasteiger partial charge is 0.493 e. The van der Waals surface area contributed by atoms with Crippen molar-refractivity contribution in [1.29, 1.82) is 0 Å². The van der Waals surface area contributed by atoms with E-state index in [4.69, 9.17) is 27.9 Å². The van der Waals surface area contributed by atoms with Crippen LogP contribution in [0, 0.1) is 0 Å². The Labute approximate surface area is 140 Å². The lowest BCUT2D eigenvalue weighted by molar-refractivity contribution is 0.370. The van der Waals surface area contributed by atoms with Crippen molar-refractivity contribution < 1.29 is 8.95 Å². The summed E-state index contributed by atoms with van der Waals surface area (Å²) in [5, 5.41) is 0.898. The number of methoxy groups -OCH3 is 1. The second-order valence-corrected chi connectivity index (χ2v) is 6.76. The summed E-state index contributed by atoms with van der Waals surface area (Å²) in [6, 6.07) is 5.00. The van der Waals surface area contributed by atoms with Crippen LogP contribution in [0.2, 0.25) is 10.0 Å². The topological polar surface area (TPSA) is 55.3 Å². The molecule has 114 valence electrons. The van der Waals surface area contributed by atoms with Gasteiger partial charge in [-0.1, -0.05) is 29.3 Å². The summed E-state index contributed by atoms with van der Waals surface area (Å²) in [5.74, 6) is 0.885. The summed E-state index contributed by atoms with van der Waals surface area (Å²) in [4.78, 5) is 8.95. The Kier molecular flexibility index (Phi) is 4.08. The van der Waals surface area contributed by atoms with Crippen molar-refractivity contribution in [3.8, 4) is 0 Å².